The number of rotatable bonds is 3. The summed E-state index contributed by atoms with van der Waals surface area (Å²) in [6.45, 7) is 1.61. The highest BCUT2D eigenvalue weighted by Gasteiger charge is 2.15. The van der Waals surface area contributed by atoms with Crippen LogP contribution >= 0.6 is 0 Å². The van der Waals surface area contributed by atoms with Crippen molar-refractivity contribution < 1.29 is 9.50 Å². The number of hydrogen-bond donors (Lipinski definition) is 1. The number of aliphatic hydroxyl groups excluding tert-OH is 1. The van der Waals surface area contributed by atoms with E-state index in [1.54, 1.807) is 31.5 Å². The van der Waals surface area contributed by atoms with Crippen LogP contribution in [0.3, 0.4) is 0 Å². The zero-order valence-electron chi connectivity index (χ0n) is 11.6. The molecule has 21 heavy (non-hydrogen) atoms. The normalized spacial score (nSPS) is 12.3. The average Bonchev–Trinajstić information content (AvgIpc) is 2.97. The van der Waals surface area contributed by atoms with Gasteiger partial charge in [-0.25, -0.2) is 9.07 Å². The van der Waals surface area contributed by atoms with Crippen molar-refractivity contribution in [2.45, 2.75) is 13.0 Å². The van der Waals surface area contributed by atoms with E-state index in [1.165, 1.54) is 10.7 Å². The first-order chi connectivity index (χ1) is 10.2. The maximum absolute atomic E-state index is 14.1. The van der Waals surface area contributed by atoms with Gasteiger partial charge in [0.1, 0.15) is 11.5 Å². The first kappa shape index (κ1) is 13.5. The standard InChI is InChI=1S/C17H15FN2O/c1-12(21)15-8-5-9-16(18)17(15)20-11-14(10-19-20)13-6-3-2-4-7-13/h2-12,21H,1H3/t12-/m1/s1. The Bertz CT molecular complexity index is 750. The highest BCUT2D eigenvalue weighted by molar-refractivity contribution is 5.62. The highest BCUT2D eigenvalue weighted by atomic mass is 19.1. The summed E-state index contributed by atoms with van der Waals surface area (Å²) in [6, 6.07) is 14.4. The Hall–Kier alpha value is -2.46. The van der Waals surface area contributed by atoms with E-state index < -0.39 is 11.9 Å². The van der Waals surface area contributed by atoms with Crippen molar-refractivity contribution in [3.05, 3.63) is 72.3 Å². The predicted octanol–water partition coefficient (Wildman–Crippen LogP) is 3.73. The van der Waals surface area contributed by atoms with Gasteiger partial charge in [-0.2, -0.15) is 5.10 Å². The van der Waals surface area contributed by atoms with Crippen molar-refractivity contribution >= 4 is 0 Å². The third kappa shape index (κ3) is 2.58. The minimum atomic E-state index is -0.764. The van der Waals surface area contributed by atoms with Crippen molar-refractivity contribution in [3.8, 4) is 16.8 Å². The van der Waals surface area contributed by atoms with Gasteiger partial charge in [0.2, 0.25) is 0 Å². The molecule has 0 fully saturated rings. The lowest BCUT2D eigenvalue weighted by molar-refractivity contribution is 0.198. The second-order valence-corrected chi connectivity index (χ2v) is 4.89. The van der Waals surface area contributed by atoms with Crippen LogP contribution in [0.4, 0.5) is 4.39 Å². The van der Waals surface area contributed by atoms with Gasteiger partial charge in [0.05, 0.1) is 12.3 Å². The van der Waals surface area contributed by atoms with Crippen LogP contribution in [0.5, 0.6) is 0 Å². The maximum atomic E-state index is 14.1. The molecule has 1 atom stereocenters. The first-order valence-electron chi connectivity index (χ1n) is 6.74. The summed E-state index contributed by atoms with van der Waals surface area (Å²) < 4.78 is 15.6. The molecule has 0 amide bonds. The maximum Gasteiger partial charge on any atom is 0.149 e. The fraction of sp³-hybridized carbons (Fsp3) is 0.118. The molecule has 0 aliphatic rings. The van der Waals surface area contributed by atoms with Crippen LogP contribution < -0.4 is 0 Å². The number of benzene rings is 2. The molecule has 0 bridgehead atoms. The quantitative estimate of drug-likeness (QED) is 0.795. The molecule has 0 aliphatic carbocycles. The SMILES string of the molecule is C[C@@H](O)c1cccc(F)c1-n1cc(-c2ccccc2)cn1. The zero-order chi connectivity index (χ0) is 14.8. The Morgan fingerprint density at radius 3 is 2.52 bits per heavy atom. The summed E-state index contributed by atoms with van der Waals surface area (Å²) in [5.74, 6) is -0.406. The van der Waals surface area contributed by atoms with Crippen LogP contribution in [-0.4, -0.2) is 14.9 Å². The number of aromatic nitrogens is 2. The van der Waals surface area contributed by atoms with Crippen molar-refractivity contribution in [1.29, 1.82) is 0 Å². The van der Waals surface area contributed by atoms with E-state index >= 15 is 0 Å². The van der Waals surface area contributed by atoms with Crippen LogP contribution in [0.2, 0.25) is 0 Å². The Morgan fingerprint density at radius 2 is 1.81 bits per heavy atom. The summed E-state index contributed by atoms with van der Waals surface area (Å²) in [7, 11) is 0. The summed E-state index contributed by atoms with van der Waals surface area (Å²) in [5.41, 5.74) is 2.71. The van der Waals surface area contributed by atoms with E-state index in [-0.39, 0.29) is 5.69 Å². The Morgan fingerprint density at radius 1 is 1.05 bits per heavy atom. The molecule has 3 rings (SSSR count). The van der Waals surface area contributed by atoms with Gasteiger partial charge in [0, 0.05) is 17.3 Å². The summed E-state index contributed by atoms with van der Waals surface area (Å²) in [4.78, 5) is 0. The molecule has 106 valence electrons. The van der Waals surface area contributed by atoms with Crippen molar-refractivity contribution in [2.24, 2.45) is 0 Å². The van der Waals surface area contributed by atoms with Gasteiger partial charge in [-0.15, -0.1) is 0 Å². The summed E-state index contributed by atoms with van der Waals surface area (Å²) in [5, 5.41) is 14.0. The first-order valence-corrected chi connectivity index (χ1v) is 6.74. The number of nitrogens with zero attached hydrogens (tertiary/aromatic N) is 2. The smallest absolute Gasteiger partial charge is 0.149 e. The topological polar surface area (TPSA) is 38.0 Å². The Labute approximate surface area is 122 Å². The molecule has 0 unspecified atom stereocenters. The second kappa shape index (κ2) is 5.50. The van der Waals surface area contributed by atoms with E-state index in [1.807, 2.05) is 30.3 Å². The number of para-hydroxylation sites is 1. The van der Waals surface area contributed by atoms with Gasteiger partial charge >= 0.3 is 0 Å². The molecular weight excluding hydrogens is 267 g/mol. The lowest BCUT2D eigenvalue weighted by atomic mass is 10.1. The summed E-state index contributed by atoms with van der Waals surface area (Å²) in [6.07, 6.45) is 2.69. The van der Waals surface area contributed by atoms with Crippen molar-refractivity contribution in [2.75, 3.05) is 0 Å². The molecule has 0 radical (unpaired) electrons. The van der Waals surface area contributed by atoms with E-state index in [0.29, 0.717) is 5.56 Å². The van der Waals surface area contributed by atoms with E-state index in [9.17, 15) is 9.50 Å². The largest absolute Gasteiger partial charge is 0.389 e. The third-order valence-corrected chi connectivity index (χ3v) is 3.39. The number of aliphatic hydroxyl groups is 1. The molecule has 0 saturated heterocycles. The lowest BCUT2D eigenvalue weighted by Gasteiger charge is -2.12. The predicted molar refractivity (Wildman–Crippen MR) is 79.6 cm³/mol. The number of halogens is 1. The number of hydrogen-bond acceptors (Lipinski definition) is 2. The highest BCUT2D eigenvalue weighted by Crippen LogP contribution is 2.26. The molecule has 0 saturated carbocycles. The van der Waals surface area contributed by atoms with Crippen LogP contribution in [0.15, 0.2) is 60.9 Å². The molecule has 4 heteroatoms. The third-order valence-electron chi connectivity index (χ3n) is 3.39. The second-order valence-electron chi connectivity index (χ2n) is 4.89. The molecule has 0 aliphatic heterocycles. The van der Waals surface area contributed by atoms with Gasteiger partial charge in [0.25, 0.3) is 0 Å². The van der Waals surface area contributed by atoms with Crippen molar-refractivity contribution in [1.82, 2.24) is 9.78 Å². The summed E-state index contributed by atoms with van der Waals surface area (Å²) >= 11 is 0. The molecule has 3 nitrogen and oxygen atoms in total. The van der Waals surface area contributed by atoms with Gasteiger partial charge in [-0.05, 0) is 18.6 Å². The Kier molecular flexibility index (Phi) is 3.54. The van der Waals surface area contributed by atoms with Gasteiger partial charge in [-0.1, -0.05) is 42.5 Å². The van der Waals surface area contributed by atoms with Crippen molar-refractivity contribution in [3.63, 3.8) is 0 Å². The van der Waals surface area contributed by atoms with Crippen LogP contribution in [-0.2, 0) is 0 Å². The average molecular weight is 282 g/mol. The van der Waals surface area contributed by atoms with Crippen LogP contribution in [0.25, 0.3) is 16.8 Å². The van der Waals surface area contributed by atoms with Gasteiger partial charge in [-0.3, -0.25) is 0 Å². The molecule has 0 spiro atoms. The molecule has 1 heterocycles. The van der Waals surface area contributed by atoms with Crippen LogP contribution in [0.1, 0.15) is 18.6 Å². The molecule has 1 aromatic heterocycles. The van der Waals surface area contributed by atoms with E-state index in [0.717, 1.165) is 11.1 Å². The van der Waals surface area contributed by atoms with E-state index in [2.05, 4.69) is 5.10 Å². The molecule has 2 aromatic carbocycles. The lowest BCUT2D eigenvalue weighted by Crippen LogP contribution is -2.05. The minimum absolute atomic E-state index is 0.287. The molecule has 3 aromatic rings. The Balaban J connectivity index is 2.09. The van der Waals surface area contributed by atoms with E-state index in [4.69, 9.17) is 0 Å². The monoisotopic (exact) mass is 282 g/mol. The van der Waals surface area contributed by atoms with Crippen LogP contribution in [0, 0.1) is 5.82 Å². The fourth-order valence-corrected chi connectivity index (χ4v) is 2.34. The fourth-order valence-electron chi connectivity index (χ4n) is 2.34. The zero-order valence-corrected chi connectivity index (χ0v) is 11.6. The minimum Gasteiger partial charge on any atom is -0.389 e. The molecule has 1 N–H and O–H groups in total. The molecular formula is C17H15FN2O. The van der Waals surface area contributed by atoms with Gasteiger partial charge in [0.15, 0.2) is 0 Å². The van der Waals surface area contributed by atoms with Gasteiger partial charge < -0.3 is 5.11 Å².